The largest absolute Gasteiger partial charge is 0.353 e. The van der Waals surface area contributed by atoms with Gasteiger partial charge < -0.3 is 15.5 Å². The second-order valence-electron chi connectivity index (χ2n) is 17.0. The number of likely N-dealkylation sites (tertiary alicyclic amines) is 1. The molecule has 3 N–H and O–H groups in total. The van der Waals surface area contributed by atoms with E-state index in [0.717, 1.165) is 82.8 Å². The van der Waals surface area contributed by atoms with Crippen molar-refractivity contribution in [3.8, 4) is 16.9 Å². The molecule has 318 valence electrons. The molecule has 4 amide bonds. The molecule has 9 rings (SSSR count). The first-order valence-electron chi connectivity index (χ1n) is 21.5. The molecule has 0 bridgehead atoms. The molecule has 0 radical (unpaired) electrons. The van der Waals surface area contributed by atoms with Crippen LogP contribution < -0.4 is 26.4 Å². The Hall–Kier alpha value is -6.03. The van der Waals surface area contributed by atoms with Crippen LogP contribution >= 0.6 is 0 Å². The minimum Gasteiger partial charge on any atom is -0.353 e. The summed E-state index contributed by atoms with van der Waals surface area (Å²) < 4.78 is 33.9. The average Bonchev–Trinajstić information content (AvgIpc) is 3.58. The number of carbonyl (C=O) groups is 3. The Labute approximate surface area is 351 Å². The predicted molar refractivity (Wildman–Crippen MR) is 226 cm³/mol. The van der Waals surface area contributed by atoms with E-state index in [1.54, 1.807) is 54.3 Å². The van der Waals surface area contributed by atoms with Gasteiger partial charge in [-0.2, -0.15) is 5.10 Å². The summed E-state index contributed by atoms with van der Waals surface area (Å²) in [5.74, 6) is -0.291. The fraction of sp³-hybridized carbons (Fsp3) is 0.444. The van der Waals surface area contributed by atoms with Crippen molar-refractivity contribution in [2.24, 2.45) is 13.0 Å². The molecule has 5 heterocycles. The van der Waals surface area contributed by atoms with Crippen LogP contribution in [0.2, 0.25) is 0 Å². The summed E-state index contributed by atoms with van der Waals surface area (Å²) in [6.07, 6.45) is 11.6. The van der Waals surface area contributed by atoms with E-state index in [-0.39, 0.29) is 65.8 Å². The summed E-state index contributed by atoms with van der Waals surface area (Å²) >= 11 is 0. The van der Waals surface area contributed by atoms with Gasteiger partial charge in [0.2, 0.25) is 17.8 Å². The van der Waals surface area contributed by atoms with Gasteiger partial charge >= 0.3 is 6.03 Å². The number of nitrogens with one attached hydrogen (secondary N) is 3. The number of hydrogen-bond acceptors (Lipinski definition) is 9. The van der Waals surface area contributed by atoms with Crippen molar-refractivity contribution in [1.82, 2.24) is 39.8 Å². The molecule has 3 aromatic heterocycles. The number of fused-ring (bicyclic) bond motifs is 1. The first kappa shape index (κ1) is 40.4. The minimum atomic E-state index is -0.551. The van der Waals surface area contributed by atoms with Crippen molar-refractivity contribution in [2.75, 3.05) is 29.9 Å². The molecule has 2 saturated heterocycles. The predicted octanol–water partition coefficient (Wildman–Crippen LogP) is 6.18. The molecule has 16 heteroatoms. The van der Waals surface area contributed by atoms with Crippen molar-refractivity contribution < 1.29 is 23.2 Å². The SMILES string of the molecule is Cn1nc(N2CCC(=O)NC2=O)c2cc(F)c(C3CCN([C@H]4CC[C@H](C(=O)N[C@H]5CC[C@H](Nc6ncc(F)c(-c7cccc(-n8ccccc8=O)c7)n6)CC5)CC4)CC3)cc21. The van der Waals surface area contributed by atoms with Crippen molar-refractivity contribution in [3.05, 3.63) is 94.5 Å². The fourth-order valence-electron chi connectivity index (χ4n) is 9.80. The van der Waals surface area contributed by atoms with Crippen LogP contribution in [-0.4, -0.2) is 84.8 Å². The first-order valence-corrected chi connectivity index (χ1v) is 21.5. The van der Waals surface area contributed by atoms with Crippen LogP contribution in [0.25, 0.3) is 27.8 Å². The van der Waals surface area contributed by atoms with Crippen LogP contribution in [-0.2, 0) is 16.6 Å². The quantitative estimate of drug-likeness (QED) is 0.158. The summed E-state index contributed by atoms with van der Waals surface area (Å²) in [4.78, 5) is 62.6. The van der Waals surface area contributed by atoms with Crippen molar-refractivity contribution in [1.29, 1.82) is 0 Å². The molecule has 0 spiro atoms. The van der Waals surface area contributed by atoms with Gasteiger partial charge in [0.1, 0.15) is 11.5 Å². The number of piperidine rings is 1. The minimum absolute atomic E-state index is 0.00388. The van der Waals surface area contributed by atoms with Crippen molar-refractivity contribution >= 4 is 40.5 Å². The third-order valence-electron chi connectivity index (χ3n) is 13.2. The van der Waals surface area contributed by atoms with Gasteiger partial charge in [0.15, 0.2) is 11.6 Å². The Morgan fingerprint density at radius 2 is 1.61 bits per heavy atom. The lowest BCUT2D eigenvalue weighted by atomic mass is 9.82. The number of halogens is 2. The number of urea groups is 1. The van der Waals surface area contributed by atoms with E-state index in [1.807, 2.05) is 6.07 Å². The highest BCUT2D eigenvalue weighted by molar-refractivity contribution is 6.08. The van der Waals surface area contributed by atoms with E-state index in [4.69, 9.17) is 0 Å². The molecule has 2 aromatic carbocycles. The van der Waals surface area contributed by atoms with Crippen LogP contribution in [0.15, 0.2) is 71.8 Å². The monoisotopic (exact) mass is 832 g/mol. The highest BCUT2D eigenvalue weighted by Gasteiger charge is 2.35. The smallest absolute Gasteiger partial charge is 0.329 e. The number of nitrogens with zero attached hydrogens (tertiary/aromatic N) is 7. The fourth-order valence-corrected chi connectivity index (χ4v) is 9.80. The third-order valence-corrected chi connectivity index (χ3v) is 13.2. The molecule has 0 atom stereocenters. The summed E-state index contributed by atoms with van der Waals surface area (Å²) in [5.41, 5.74) is 2.54. The second-order valence-corrected chi connectivity index (χ2v) is 17.0. The maximum Gasteiger partial charge on any atom is 0.329 e. The van der Waals surface area contributed by atoms with Crippen LogP contribution in [0.1, 0.15) is 82.1 Å². The number of hydrogen-bond donors (Lipinski definition) is 3. The number of pyridine rings is 1. The van der Waals surface area contributed by atoms with Crippen molar-refractivity contribution in [3.63, 3.8) is 0 Å². The number of aromatic nitrogens is 5. The van der Waals surface area contributed by atoms with Crippen molar-refractivity contribution in [2.45, 2.75) is 94.7 Å². The number of anilines is 2. The van der Waals surface area contributed by atoms with Gasteiger partial charge in [-0.15, -0.1) is 0 Å². The summed E-state index contributed by atoms with van der Waals surface area (Å²) in [6.45, 7) is 1.94. The Morgan fingerprint density at radius 3 is 2.36 bits per heavy atom. The molecule has 4 fully saturated rings. The van der Waals surface area contributed by atoms with E-state index in [1.165, 1.54) is 27.8 Å². The molecule has 14 nitrogen and oxygen atoms in total. The Kier molecular flexibility index (Phi) is 11.4. The zero-order chi connectivity index (χ0) is 42.2. The van der Waals surface area contributed by atoms with Gasteiger partial charge in [-0.05, 0) is 119 Å². The number of benzene rings is 2. The Bertz CT molecular complexity index is 2520. The number of amides is 4. The lowest BCUT2D eigenvalue weighted by molar-refractivity contribution is -0.127. The lowest BCUT2D eigenvalue weighted by Crippen LogP contribution is -2.49. The molecular weight excluding hydrogens is 783 g/mol. The third kappa shape index (κ3) is 8.50. The lowest BCUT2D eigenvalue weighted by Gasteiger charge is -2.41. The molecule has 61 heavy (non-hydrogen) atoms. The Morgan fingerprint density at radius 1 is 0.836 bits per heavy atom. The van der Waals surface area contributed by atoms with E-state index < -0.39 is 11.8 Å². The van der Waals surface area contributed by atoms with Gasteiger partial charge in [0.25, 0.3) is 5.56 Å². The van der Waals surface area contributed by atoms with E-state index in [0.29, 0.717) is 40.0 Å². The molecule has 0 unspecified atom stereocenters. The van der Waals surface area contributed by atoms with Gasteiger partial charge in [-0.1, -0.05) is 18.2 Å². The molecule has 2 aliphatic heterocycles. The van der Waals surface area contributed by atoms with Crippen LogP contribution in [0.3, 0.4) is 0 Å². The van der Waals surface area contributed by atoms with Crippen LogP contribution in [0.4, 0.5) is 25.3 Å². The molecule has 2 saturated carbocycles. The number of imide groups is 1. The molecule has 5 aromatic rings. The normalized spacial score (nSPS) is 22.9. The topological polar surface area (TPSA) is 159 Å². The molecule has 2 aliphatic carbocycles. The molecule has 4 aliphatic rings. The van der Waals surface area contributed by atoms with E-state index in [2.05, 4.69) is 35.9 Å². The van der Waals surface area contributed by atoms with Crippen LogP contribution in [0.5, 0.6) is 0 Å². The zero-order valence-electron chi connectivity index (χ0n) is 34.2. The summed E-state index contributed by atoms with van der Waals surface area (Å²) in [7, 11) is 1.78. The number of carbonyl (C=O) groups excluding carboxylic acids is 3. The summed E-state index contributed by atoms with van der Waals surface area (Å²) in [5, 5.41) is 14.1. The van der Waals surface area contributed by atoms with Gasteiger partial charge in [0.05, 0.1) is 11.7 Å². The average molecular weight is 833 g/mol. The first-order chi connectivity index (χ1) is 29.6. The highest BCUT2D eigenvalue weighted by Crippen LogP contribution is 2.38. The summed E-state index contributed by atoms with van der Waals surface area (Å²) in [6, 6.07) is 15.4. The van der Waals surface area contributed by atoms with E-state index in [9.17, 15) is 23.6 Å². The van der Waals surface area contributed by atoms with Crippen LogP contribution in [0, 0.1) is 17.6 Å². The van der Waals surface area contributed by atoms with Gasteiger partial charge in [-0.3, -0.25) is 33.8 Å². The second kappa shape index (κ2) is 17.1. The standard InChI is InChI=1S/C45H50F2N10O4/c1-54-38-25-34(36(46)24-35(38)42(53-54)57-22-18-39(58)51-45(57)61)27-16-20-55(21-17-27)32-14-8-28(9-15-32)43(60)49-30-10-12-31(13-11-30)50-44-48-26-37(47)41(52-44)29-5-4-6-33(23-29)56-19-3-2-7-40(56)59/h2-7,19,23-28,30-32H,8-18,20-22H2,1H3,(H,49,60)(H,48,50,52)(H,51,58,61)/t28-,30-,31-,32-. The van der Waals surface area contributed by atoms with Gasteiger partial charge in [-0.25, -0.2) is 23.5 Å². The Balaban J connectivity index is 0.728. The zero-order valence-corrected chi connectivity index (χ0v) is 34.2. The van der Waals surface area contributed by atoms with E-state index >= 15 is 4.39 Å². The molecular formula is C45H50F2N10O4. The number of aryl methyl sites for hydroxylation is 1. The number of rotatable bonds is 9. The maximum atomic E-state index is 15.7. The van der Waals surface area contributed by atoms with Gasteiger partial charge in [0, 0.05) is 73.0 Å². The highest BCUT2D eigenvalue weighted by atomic mass is 19.1. The maximum absolute atomic E-state index is 15.7.